The first-order valence-corrected chi connectivity index (χ1v) is 7.11. The third kappa shape index (κ3) is 3.36. The molecule has 2 rings (SSSR count). The monoisotopic (exact) mass is 326 g/mol. The number of rotatable bonds is 5. The Morgan fingerprint density at radius 1 is 0.810 bits per heavy atom. The minimum absolute atomic E-state index is 0.442. The molecule has 0 amide bonds. The standard InChI is InChI=1S/C16H16Cl2O3/c1-19-11-5-7-14(20-2)13(9-11)16(18)12-6-4-10(17)8-15(12)21-3/h4-9,16H,1-3H3. The number of hydrogen-bond donors (Lipinski definition) is 0. The third-order valence-electron chi connectivity index (χ3n) is 3.18. The molecule has 5 heteroatoms. The first-order chi connectivity index (χ1) is 10.1. The van der Waals surface area contributed by atoms with E-state index < -0.39 is 5.38 Å². The van der Waals surface area contributed by atoms with Crippen LogP contribution in [0.2, 0.25) is 5.02 Å². The van der Waals surface area contributed by atoms with E-state index in [-0.39, 0.29) is 0 Å². The maximum atomic E-state index is 6.62. The molecule has 1 atom stereocenters. The SMILES string of the molecule is COc1ccc(OC)c(C(Cl)c2ccc(Cl)cc2OC)c1. The fourth-order valence-electron chi connectivity index (χ4n) is 2.10. The molecule has 0 saturated carbocycles. The highest BCUT2D eigenvalue weighted by Crippen LogP contribution is 2.41. The van der Waals surface area contributed by atoms with Gasteiger partial charge in [0.15, 0.2) is 0 Å². The van der Waals surface area contributed by atoms with Crippen molar-refractivity contribution in [3.05, 3.63) is 52.5 Å². The third-order valence-corrected chi connectivity index (χ3v) is 3.88. The van der Waals surface area contributed by atoms with E-state index in [2.05, 4.69) is 0 Å². The summed E-state index contributed by atoms with van der Waals surface area (Å²) in [7, 11) is 4.80. The first-order valence-electron chi connectivity index (χ1n) is 6.30. The summed E-state index contributed by atoms with van der Waals surface area (Å²) in [5.74, 6) is 2.03. The molecule has 0 aromatic heterocycles. The van der Waals surface area contributed by atoms with Crippen LogP contribution in [0.3, 0.4) is 0 Å². The van der Waals surface area contributed by atoms with E-state index in [9.17, 15) is 0 Å². The molecule has 0 spiro atoms. The molecule has 0 aliphatic heterocycles. The largest absolute Gasteiger partial charge is 0.497 e. The summed E-state index contributed by atoms with van der Waals surface area (Å²) in [6.07, 6.45) is 0. The Labute approximate surface area is 134 Å². The normalized spacial score (nSPS) is 11.9. The van der Waals surface area contributed by atoms with Crippen LogP contribution in [0.25, 0.3) is 0 Å². The number of halogens is 2. The van der Waals surface area contributed by atoms with Crippen molar-refractivity contribution in [2.75, 3.05) is 21.3 Å². The Balaban J connectivity index is 2.50. The summed E-state index contributed by atoms with van der Waals surface area (Å²) in [5.41, 5.74) is 1.62. The molecule has 1 unspecified atom stereocenters. The molecule has 0 saturated heterocycles. The van der Waals surface area contributed by atoms with Crippen LogP contribution in [0.15, 0.2) is 36.4 Å². The van der Waals surface area contributed by atoms with Crippen LogP contribution >= 0.6 is 23.2 Å². The van der Waals surface area contributed by atoms with Gasteiger partial charge in [0.2, 0.25) is 0 Å². The quantitative estimate of drug-likeness (QED) is 0.746. The molecular weight excluding hydrogens is 311 g/mol. The molecule has 21 heavy (non-hydrogen) atoms. The van der Waals surface area contributed by atoms with Crippen LogP contribution in [-0.4, -0.2) is 21.3 Å². The van der Waals surface area contributed by atoms with Crippen LogP contribution < -0.4 is 14.2 Å². The van der Waals surface area contributed by atoms with Crippen molar-refractivity contribution >= 4 is 23.2 Å². The highest BCUT2D eigenvalue weighted by atomic mass is 35.5. The molecule has 0 bridgehead atoms. The summed E-state index contributed by atoms with van der Waals surface area (Å²) in [4.78, 5) is 0. The van der Waals surface area contributed by atoms with Gasteiger partial charge in [0.1, 0.15) is 17.2 Å². The number of alkyl halides is 1. The minimum Gasteiger partial charge on any atom is -0.497 e. The van der Waals surface area contributed by atoms with Gasteiger partial charge in [-0.1, -0.05) is 17.7 Å². The molecule has 0 fully saturated rings. The zero-order valence-electron chi connectivity index (χ0n) is 12.0. The molecule has 2 aromatic carbocycles. The summed E-state index contributed by atoms with van der Waals surface area (Å²) < 4.78 is 16.0. The average Bonchev–Trinajstić information content (AvgIpc) is 2.53. The van der Waals surface area contributed by atoms with Crippen LogP contribution in [0, 0.1) is 0 Å². The van der Waals surface area contributed by atoms with Crippen molar-refractivity contribution in [1.29, 1.82) is 0 Å². The second-order valence-corrected chi connectivity index (χ2v) is 5.23. The van der Waals surface area contributed by atoms with Crippen LogP contribution in [0.4, 0.5) is 0 Å². The first kappa shape index (κ1) is 15.8. The highest BCUT2D eigenvalue weighted by Gasteiger charge is 2.20. The maximum absolute atomic E-state index is 6.62. The van der Waals surface area contributed by atoms with Crippen molar-refractivity contribution < 1.29 is 14.2 Å². The van der Waals surface area contributed by atoms with Gasteiger partial charge in [0, 0.05) is 16.1 Å². The Morgan fingerprint density at radius 2 is 1.52 bits per heavy atom. The van der Waals surface area contributed by atoms with Gasteiger partial charge < -0.3 is 14.2 Å². The lowest BCUT2D eigenvalue weighted by atomic mass is 10.0. The van der Waals surface area contributed by atoms with Gasteiger partial charge in [-0.15, -0.1) is 11.6 Å². The van der Waals surface area contributed by atoms with Crippen molar-refractivity contribution in [3.8, 4) is 17.2 Å². The molecule has 2 aromatic rings. The predicted molar refractivity (Wildman–Crippen MR) is 85.2 cm³/mol. The van der Waals surface area contributed by atoms with Crippen molar-refractivity contribution in [1.82, 2.24) is 0 Å². The summed E-state index contributed by atoms with van der Waals surface area (Å²) in [6, 6.07) is 10.9. The van der Waals surface area contributed by atoms with E-state index in [1.54, 1.807) is 33.5 Å². The van der Waals surface area contributed by atoms with Crippen LogP contribution in [0.5, 0.6) is 17.2 Å². The molecule has 0 aliphatic rings. The summed E-state index contributed by atoms with van der Waals surface area (Å²) in [5, 5.41) is 0.152. The lowest BCUT2D eigenvalue weighted by Crippen LogP contribution is -2.01. The fourth-order valence-corrected chi connectivity index (χ4v) is 2.61. The van der Waals surface area contributed by atoms with E-state index >= 15 is 0 Å². The number of methoxy groups -OCH3 is 3. The molecular formula is C16H16Cl2O3. The van der Waals surface area contributed by atoms with E-state index in [4.69, 9.17) is 37.4 Å². The van der Waals surface area contributed by atoms with Crippen LogP contribution in [0.1, 0.15) is 16.5 Å². The van der Waals surface area contributed by atoms with Gasteiger partial charge in [-0.2, -0.15) is 0 Å². The smallest absolute Gasteiger partial charge is 0.125 e. The zero-order valence-corrected chi connectivity index (χ0v) is 13.5. The van der Waals surface area contributed by atoms with E-state index in [0.717, 1.165) is 11.1 Å². The summed E-state index contributed by atoms with van der Waals surface area (Å²) in [6.45, 7) is 0. The molecule has 0 heterocycles. The zero-order chi connectivity index (χ0) is 15.4. The number of benzene rings is 2. The number of hydrogen-bond acceptors (Lipinski definition) is 3. The number of ether oxygens (including phenoxy) is 3. The molecule has 0 radical (unpaired) electrons. The molecule has 3 nitrogen and oxygen atoms in total. The van der Waals surface area contributed by atoms with Crippen LogP contribution in [-0.2, 0) is 0 Å². The highest BCUT2D eigenvalue weighted by molar-refractivity contribution is 6.30. The van der Waals surface area contributed by atoms with Gasteiger partial charge in [-0.05, 0) is 30.3 Å². The molecule has 0 N–H and O–H groups in total. The van der Waals surface area contributed by atoms with E-state index in [1.807, 2.05) is 24.3 Å². The van der Waals surface area contributed by atoms with Crippen molar-refractivity contribution in [2.24, 2.45) is 0 Å². The van der Waals surface area contributed by atoms with Crippen molar-refractivity contribution in [3.63, 3.8) is 0 Å². The second kappa shape index (κ2) is 6.92. The molecule has 0 aliphatic carbocycles. The Hall–Kier alpha value is -1.58. The Bertz CT molecular complexity index is 629. The van der Waals surface area contributed by atoms with Crippen molar-refractivity contribution in [2.45, 2.75) is 5.38 Å². The second-order valence-electron chi connectivity index (χ2n) is 4.36. The van der Waals surface area contributed by atoms with E-state index in [0.29, 0.717) is 22.3 Å². The minimum atomic E-state index is -0.442. The topological polar surface area (TPSA) is 27.7 Å². The molecule has 112 valence electrons. The van der Waals surface area contributed by atoms with Gasteiger partial charge in [0.25, 0.3) is 0 Å². The van der Waals surface area contributed by atoms with E-state index in [1.165, 1.54) is 0 Å². The van der Waals surface area contributed by atoms with Gasteiger partial charge in [-0.25, -0.2) is 0 Å². The van der Waals surface area contributed by atoms with Gasteiger partial charge >= 0.3 is 0 Å². The Kier molecular flexibility index (Phi) is 5.21. The Morgan fingerprint density at radius 3 is 2.14 bits per heavy atom. The maximum Gasteiger partial charge on any atom is 0.125 e. The van der Waals surface area contributed by atoms with Gasteiger partial charge in [-0.3, -0.25) is 0 Å². The fraction of sp³-hybridized carbons (Fsp3) is 0.250. The predicted octanol–water partition coefficient (Wildman–Crippen LogP) is 4.69. The lowest BCUT2D eigenvalue weighted by molar-refractivity contribution is 0.397. The van der Waals surface area contributed by atoms with Gasteiger partial charge in [0.05, 0.1) is 26.7 Å². The summed E-state index contributed by atoms with van der Waals surface area (Å²) >= 11 is 12.6. The lowest BCUT2D eigenvalue weighted by Gasteiger charge is -2.18. The average molecular weight is 327 g/mol.